The first kappa shape index (κ1) is 13.8. The Bertz CT molecular complexity index is 285. The van der Waals surface area contributed by atoms with E-state index in [1.807, 2.05) is 4.90 Å². The van der Waals surface area contributed by atoms with Crippen molar-refractivity contribution >= 4 is 5.91 Å². The molecular weight excluding hydrogens is 226 g/mol. The summed E-state index contributed by atoms with van der Waals surface area (Å²) in [6, 6.07) is 1.36. The first-order valence-electron chi connectivity index (χ1n) is 7.31. The Labute approximate surface area is 111 Å². The zero-order chi connectivity index (χ0) is 13.1. The van der Waals surface area contributed by atoms with Crippen molar-refractivity contribution in [2.45, 2.75) is 45.7 Å². The van der Waals surface area contributed by atoms with Gasteiger partial charge in [0, 0.05) is 51.7 Å². The Kier molecular flexibility index (Phi) is 4.62. The van der Waals surface area contributed by atoms with E-state index in [4.69, 9.17) is 0 Å². The molecule has 104 valence electrons. The van der Waals surface area contributed by atoms with Crippen molar-refractivity contribution in [2.24, 2.45) is 0 Å². The molecule has 2 rings (SSSR count). The number of hydrogen-bond donors (Lipinski definition) is 0. The Morgan fingerprint density at radius 3 is 2.33 bits per heavy atom. The van der Waals surface area contributed by atoms with Crippen LogP contribution < -0.4 is 0 Å². The zero-order valence-corrected chi connectivity index (χ0v) is 12.1. The van der Waals surface area contributed by atoms with Gasteiger partial charge in [0.05, 0.1) is 0 Å². The summed E-state index contributed by atoms with van der Waals surface area (Å²) in [5.41, 5.74) is 0. The maximum Gasteiger partial charge on any atom is 0.219 e. The summed E-state index contributed by atoms with van der Waals surface area (Å²) in [6.07, 6.45) is 2.64. The molecule has 0 N–H and O–H groups in total. The Morgan fingerprint density at radius 2 is 1.78 bits per heavy atom. The van der Waals surface area contributed by atoms with E-state index in [2.05, 4.69) is 23.6 Å². The number of carbonyl (C=O) groups excluding carboxylic acids is 1. The number of hydrogen-bond acceptors (Lipinski definition) is 3. The molecule has 18 heavy (non-hydrogen) atoms. The molecule has 0 aromatic heterocycles. The van der Waals surface area contributed by atoms with Crippen molar-refractivity contribution in [1.29, 1.82) is 0 Å². The highest BCUT2D eigenvalue weighted by Gasteiger charge is 2.29. The molecule has 0 saturated carbocycles. The summed E-state index contributed by atoms with van der Waals surface area (Å²) >= 11 is 0. The molecule has 2 aliphatic heterocycles. The molecule has 0 radical (unpaired) electrons. The number of piperazine rings is 1. The zero-order valence-electron chi connectivity index (χ0n) is 12.1. The highest BCUT2D eigenvalue weighted by Crippen LogP contribution is 2.19. The van der Waals surface area contributed by atoms with Gasteiger partial charge in [0.2, 0.25) is 5.91 Å². The van der Waals surface area contributed by atoms with Crippen molar-refractivity contribution in [2.75, 3.05) is 39.3 Å². The number of carbonyl (C=O) groups is 1. The summed E-state index contributed by atoms with van der Waals surface area (Å²) < 4.78 is 0. The maximum atomic E-state index is 11.3. The van der Waals surface area contributed by atoms with Crippen LogP contribution in [0.4, 0.5) is 0 Å². The maximum absolute atomic E-state index is 11.3. The Hall–Kier alpha value is -0.610. The summed E-state index contributed by atoms with van der Waals surface area (Å²) in [5, 5.41) is 0. The molecule has 0 spiro atoms. The van der Waals surface area contributed by atoms with Crippen molar-refractivity contribution in [3.8, 4) is 0 Å². The van der Waals surface area contributed by atoms with E-state index in [9.17, 15) is 4.79 Å². The molecule has 1 unspecified atom stereocenters. The van der Waals surface area contributed by atoms with Crippen LogP contribution in [0.25, 0.3) is 0 Å². The lowest BCUT2D eigenvalue weighted by Gasteiger charge is -2.44. The molecule has 1 atom stereocenters. The molecule has 4 nitrogen and oxygen atoms in total. The van der Waals surface area contributed by atoms with Gasteiger partial charge in [-0.1, -0.05) is 0 Å². The van der Waals surface area contributed by atoms with Crippen LogP contribution in [0.2, 0.25) is 0 Å². The first-order valence-corrected chi connectivity index (χ1v) is 7.31. The number of amides is 1. The van der Waals surface area contributed by atoms with Gasteiger partial charge in [-0.05, 0) is 33.2 Å². The number of likely N-dealkylation sites (tertiary alicyclic amines) is 1. The summed E-state index contributed by atoms with van der Waals surface area (Å²) in [5.74, 6) is 0.224. The number of rotatable bonds is 2. The molecule has 2 fully saturated rings. The third kappa shape index (κ3) is 3.23. The van der Waals surface area contributed by atoms with Gasteiger partial charge < -0.3 is 4.90 Å². The molecule has 0 aliphatic carbocycles. The summed E-state index contributed by atoms with van der Waals surface area (Å²) in [7, 11) is 0. The van der Waals surface area contributed by atoms with Gasteiger partial charge in [-0.25, -0.2) is 0 Å². The van der Waals surface area contributed by atoms with Crippen LogP contribution in [0.15, 0.2) is 0 Å². The molecule has 2 heterocycles. The van der Waals surface area contributed by atoms with Crippen LogP contribution in [-0.2, 0) is 4.79 Å². The minimum Gasteiger partial charge on any atom is -0.340 e. The lowest BCUT2D eigenvalue weighted by atomic mass is 10.0. The number of nitrogens with zero attached hydrogens (tertiary/aromatic N) is 3. The van der Waals surface area contributed by atoms with Crippen molar-refractivity contribution in [1.82, 2.24) is 14.7 Å². The highest BCUT2D eigenvalue weighted by molar-refractivity contribution is 5.73. The minimum atomic E-state index is 0.224. The first-order chi connectivity index (χ1) is 8.58. The van der Waals surface area contributed by atoms with Gasteiger partial charge in [0.25, 0.3) is 0 Å². The van der Waals surface area contributed by atoms with Gasteiger partial charge in [-0.15, -0.1) is 0 Å². The predicted octanol–water partition coefficient (Wildman–Crippen LogP) is 1.02. The van der Waals surface area contributed by atoms with E-state index in [1.54, 1.807) is 6.92 Å². The second kappa shape index (κ2) is 6.02. The van der Waals surface area contributed by atoms with Gasteiger partial charge in [-0.2, -0.15) is 0 Å². The number of piperidine rings is 1. The third-order valence-corrected chi connectivity index (χ3v) is 4.43. The summed E-state index contributed by atoms with van der Waals surface area (Å²) in [4.78, 5) is 18.5. The van der Waals surface area contributed by atoms with Gasteiger partial charge in [-0.3, -0.25) is 14.6 Å². The quantitative estimate of drug-likeness (QED) is 0.735. The normalized spacial score (nSPS) is 27.8. The van der Waals surface area contributed by atoms with Crippen LogP contribution in [0.1, 0.15) is 33.6 Å². The fourth-order valence-corrected chi connectivity index (χ4v) is 3.15. The SMILES string of the molecule is CC(=O)N1CCN(C2CCCN(C(C)C)C2)CC1. The summed E-state index contributed by atoms with van der Waals surface area (Å²) in [6.45, 7) is 12.6. The van der Waals surface area contributed by atoms with E-state index < -0.39 is 0 Å². The molecular formula is C14H27N3O. The molecule has 0 aromatic rings. The average Bonchev–Trinajstić information content (AvgIpc) is 2.39. The smallest absolute Gasteiger partial charge is 0.219 e. The van der Waals surface area contributed by atoms with Crippen LogP contribution in [-0.4, -0.2) is 72.0 Å². The van der Waals surface area contributed by atoms with Gasteiger partial charge in [0.1, 0.15) is 0 Å². The van der Waals surface area contributed by atoms with E-state index in [0.29, 0.717) is 12.1 Å². The molecule has 0 bridgehead atoms. The van der Waals surface area contributed by atoms with E-state index in [0.717, 1.165) is 26.2 Å². The topological polar surface area (TPSA) is 26.8 Å². The van der Waals surface area contributed by atoms with Crippen molar-refractivity contribution < 1.29 is 4.79 Å². The Balaban J connectivity index is 1.84. The fraction of sp³-hybridized carbons (Fsp3) is 0.929. The standard InChI is InChI=1S/C14H27N3O/c1-12(2)17-6-4-5-14(11-17)16-9-7-15(8-10-16)13(3)18/h12,14H,4-11H2,1-3H3. The molecule has 2 saturated heterocycles. The second-order valence-corrected chi connectivity index (χ2v) is 5.93. The van der Waals surface area contributed by atoms with Crippen molar-refractivity contribution in [3.05, 3.63) is 0 Å². The van der Waals surface area contributed by atoms with E-state index >= 15 is 0 Å². The second-order valence-electron chi connectivity index (χ2n) is 5.93. The molecule has 0 aromatic carbocycles. The minimum absolute atomic E-state index is 0.224. The molecule has 2 aliphatic rings. The fourth-order valence-electron chi connectivity index (χ4n) is 3.15. The Morgan fingerprint density at radius 1 is 1.11 bits per heavy atom. The predicted molar refractivity (Wildman–Crippen MR) is 73.6 cm³/mol. The van der Waals surface area contributed by atoms with Gasteiger partial charge in [0.15, 0.2) is 0 Å². The third-order valence-electron chi connectivity index (χ3n) is 4.43. The largest absolute Gasteiger partial charge is 0.340 e. The van der Waals surface area contributed by atoms with Crippen LogP contribution >= 0.6 is 0 Å². The van der Waals surface area contributed by atoms with Crippen LogP contribution in [0, 0.1) is 0 Å². The monoisotopic (exact) mass is 253 g/mol. The van der Waals surface area contributed by atoms with Crippen molar-refractivity contribution in [3.63, 3.8) is 0 Å². The lowest BCUT2D eigenvalue weighted by molar-refractivity contribution is -0.131. The molecule has 4 heteroatoms. The van der Waals surface area contributed by atoms with Crippen LogP contribution in [0.5, 0.6) is 0 Å². The van der Waals surface area contributed by atoms with E-state index in [-0.39, 0.29) is 5.91 Å². The highest BCUT2D eigenvalue weighted by atomic mass is 16.2. The average molecular weight is 253 g/mol. The van der Waals surface area contributed by atoms with Gasteiger partial charge >= 0.3 is 0 Å². The van der Waals surface area contributed by atoms with Crippen LogP contribution in [0.3, 0.4) is 0 Å². The molecule has 1 amide bonds. The lowest BCUT2D eigenvalue weighted by Crippen LogP contribution is -2.56. The van der Waals surface area contributed by atoms with E-state index in [1.165, 1.54) is 25.9 Å².